The summed E-state index contributed by atoms with van der Waals surface area (Å²) in [6.07, 6.45) is 9.84. The second kappa shape index (κ2) is 25.3. The summed E-state index contributed by atoms with van der Waals surface area (Å²) in [5.74, 6) is 0.430. The van der Waals surface area contributed by atoms with Gasteiger partial charge in [-0.2, -0.15) is 0 Å². The number of methoxy groups -OCH3 is 1. The first-order chi connectivity index (χ1) is 10.2. The van der Waals surface area contributed by atoms with E-state index >= 15 is 0 Å². The van der Waals surface area contributed by atoms with Crippen molar-refractivity contribution in [3.8, 4) is 0 Å². The summed E-state index contributed by atoms with van der Waals surface area (Å²) in [4.78, 5) is 10.7. The van der Waals surface area contributed by atoms with Gasteiger partial charge in [0.25, 0.3) is 0 Å². The van der Waals surface area contributed by atoms with Crippen LogP contribution in [0.3, 0.4) is 0 Å². The van der Waals surface area contributed by atoms with Gasteiger partial charge in [-0.3, -0.25) is 9.00 Å². The van der Waals surface area contributed by atoms with Crippen LogP contribution in [-0.4, -0.2) is 28.3 Å². The maximum atomic E-state index is 11.5. The van der Waals surface area contributed by atoms with Crippen LogP contribution in [0, 0.1) is 45.6 Å². The molecular weight excluding hydrogens is 352 g/mol. The average molecular weight is 368 g/mol. The van der Waals surface area contributed by atoms with Crippen LogP contribution in [0.5, 0.6) is 0 Å². The summed E-state index contributed by atoms with van der Waals surface area (Å²) in [6.45, 7) is 13.5. The first-order valence-electron chi connectivity index (χ1n) is 5.65. The second-order valence-corrected chi connectivity index (χ2v) is 5.16. The average Bonchev–Trinajstić information content (AvgIpc) is 2.58. The Kier molecular flexibility index (Phi) is 33.8. The summed E-state index contributed by atoms with van der Waals surface area (Å²) in [7, 11) is 0.609. The molecule has 4 radical (unpaired) electrons. The molecule has 6 nitrogen and oxygen atoms in total. The molecule has 0 aliphatic carbocycles. The molecule has 1 heterocycles. The van der Waals surface area contributed by atoms with Crippen LogP contribution in [0.25, 0.3) is 0 Å². The molecule has 0 amide bonds. The molecule has 0 spiro atoms. The first-order valence-corrected chi connectivity index (χ1v) is 7.03. The van der Waals surface area contributed by atoms with Crippen molar-refractivity contribution in [3.63, 3.8) is 0 Å². The van der Waals surface area contributed by atoms with Crippen LogP contribution in [0.2, 0.25) is 0 Å². The van der Waals surface area contributed by atoms with Gasteiger partial charge in [0.1, 0.15) is 0 Å². The topological polar surface area (TPSA) is 103 Å². The zero-order chi connectivity index (χ0) is 17.1. The van der Waals surface area contributed by atoms with E-state index in [9.17, 15) is 9.00 Å². The molecule has 0 N–H and O–H groups in total. The Morgan fingerprint density at radius 1 is 1.14 bits per heavy atom. The molecule has 1 saturated heterocycles. The fourth-order valence-corrected chi connectivity index (χ4v) is 2.93. The van der Waals surface area contributed by atoms with Crippen molar-refractivity contribution in [2.45, 2.75) is 24.5 Å². The predicted molar refractivity (Wildman–Crippen MR) is 71.7 cm³/mol. The summed E-state index contributed by atoms with van der Waals surface area (Å²) < 4.78 is 38.5. The molecule has 0 unspecified atom stereocenters. The number of hydrogen-bond acceptors (Lipinski definition) is 3. The quantitative estimate of drug-likeness (QED) is 0.239. The molecule has 8 heteroatoms. The number of carbonyl (C=O) groups excluding carboxylic acids is 1. The minimum Gasteiger partial charge on any atom is 0 e. The number of hydrogen-bond donors (Lipinski definition) is 0. The maximum Gasteiger partial charge on any atom is 0 e. The first kappa shape index (κ1) is 29.4. The van der Waals surface area contributed by atoms with Gasteiger partial charge < -0.3 is 4.74 Å². The van der Waals surface area contributed by atoms with Gasteiger partial charge in [-0.15, -0.1) is 0 Å². The maximum absolute atomic E-state index is 11.5. The number of unbranched alkanes of at least 4 members (excludes halogenated alkanes) is 1. The molecular formula is C14H16FeO6S. The summed E-state index contributed by atoms with van der Waals surface area (Å²) in [5, 5.41) is 0.154. The van der Waals surface area contributed by atoms with Gasteiger partial charge in [-0.25, -0.2) is 0 Å². The smallest absolute Gasteiger partial charge is 0 e. The van der Waals surface area contributed by atoms with Crippen LogP contribution in [0.4, 0.5) is 0 Å². The number of carbonyl (C=O) groups is 1. The summed E-state index contributed by atoms with van der Waals surface area (Å²) in [6, 6.07) is 0. The third kappa shape index (κ3) is 17.4. The van der Waals surface area contributed by atoms with E-state index in [-0.39, 0.29) is 28.3 Å². The van der Waals surface area contributed by atoms with Gasteiger partial charge in [-0.05, 0) is 32.1 Å². The van der Waals surface area contributed by atoms with Crippen molar-refractivity contribution in [2.24, 2.45) is 0 Å². The third-order valence-corrected chi connectivity index (χ3v) is 4.05. The van der Waals surface area contributed by atoms with Crippen LogP contribution >= 0.6 is 0 Å². The molecule has 1 aliphatic heterocycles. The fraction of sp³-hybridized carbons (Fsp3) is 0.429. The van der Waals surface area contributed by atoms with Gasteiger partial charge in [0, 0.05) is 38.9 Å². The van der Waals surface area contributed by atoms with Gasteiger partial charge in [-0.1, -0.05) is 6.42 Å². The molecule has 0 aromatic carbocycles. The number of esters is 1. The van der Waals surface area contributed by atoms with Crippen LogP contribution in [-0.2, 0) is 51.4 Å². The number of ether oxygens (including phenoxy) is 1. The van der Waals surface area contributed by atoms with E-state index < -0.39 is 10.8 Å². The Morgan fingerprint density at radius 3 is 2.14 bits per heavy atom. The van der Waals surface area contributed by atoms with Crippen molar-refractivity contribution in [3.05, 3.63) is 45.6 Å². The van der Waals surface area contributed by atoms with Crippen LogP contribution in [0.15, 0.2) is 0 Å². The van der Waals surface area contributed by atoms with Gasteiger partial charge in [0.15, 0.2) is 0 Å². The van der Waals surface area contributed by atoms with Gasteiger partial charge in [0.2, 0.25) is 0 Å². The van der Waals surface area contributed by atoms with Gasteiger partial charge in [0.05, 0.1) is 13.5 Å². The van der Waals surface area contributed by atoms with Gasteiger partial charge >= 0.3 is 39.9 Å². The van der Waals surface area contributed by atoms with E-state index in [4.69, 9.17) is 14.0 Å². The zero-order valence-corrected chi connectivity index (χ0v) is 13.8. The Bertz CT molecular complexity index is 326. The van der Waals surface area contributed by atoms with E-state index in [0.29, 0.717) is 0 Å². The van der Waals surface area contributed by atoms with E-state index in [1.165, 1.54) is 13.5 Å². The Hall–Kier alpha value is -0.641. The van der Waals surface area contributed by atoms with E-state index in [0.717, 1.165) is 25.0 Å². The molecule has 2 atom stereocenters. The standard InChI is InChI=1S/C11H16O3S.3CO.Fe/c1-14-11(12)8-3-2-6-10-7-4-5-9-15(10)13;3*1-2;/h2-3,6,8,10H,4-5,7,9H2,1H3;;;;/t10-,15+;;;;/m1..../s1. The predicted octanol–water partition coefficient (Wildman–Crippen LogP) is 1.16. The normalized spacial score (nSPS) is 18.1. The molecule has 1 fully saturated rings. The monoisotopic (exact) mass is 368 g/mol. The zero-order valence-electron chi connectivity index (χ0n) is 11.9. The second-order valence-electron chi connectivity index (χ2n) is 3.39. The van der Waals surface area contributed by atoms with Crippen molar-refractivity contribution in [1.82, 2.24) is 0 Å². The minimum absolute atomic E-state index is 0. The minimum atomic E-state index is -0.731. The Labute approximate surface area is 144 Å². The molecule has 22 heavy (non-hydrogen) atoms. The molecule has 0 bridgehead atoms. The molecule has 1 aliphatic rings. The molecule has 122 valence electrons. The SMILES string of the molecule is COC(=O)[CH][CH][CH][CH][C@@H]1CCCC[S@@]1=O.[C-]#[O+].[C-]#[O+].[C-]#[O+].[Fe]. The van der Waals surface area contributed by atoms with Crippen LogP contribution < -0.4 is 0 Å². The van der Waals surface area contributed by atoms with Crippen molar-refractivity contribution < 1.29 is 44.8 Å². The number of rotatable bonds is 5. The molecule has 0 aromatic heterocycles. The van der Waals surface area contributed by atoms with Crippen molar-refractivity contribution in [2.75, 3.05) is 12.9 Å². The third-order valence-electron chi connectivity index (χ3n) is 2.29. The van der Waals surface area contributed by atoms with Crippen LogP contribution in [0.1, 0.15) is 19.3 Å². The molecule has 0 saturated carbocycles. The van der Waals surface area contributed by atoms with E-state index in [1.54, 1.807) is 12.8 Å². The van der Waals surface area contributed by atoms with E-state index in [2.05, 4.69) is 24.7 Å². The van der Waals surface area contributed by atoms with Crippen molar-refractivity contribution in [1.29, 1.82) is 0 Å². The summed E-state index contributed by atoms with van der Waals surface area (Å²) in [5.41, 5.74) is 0. The molecule has 1 rings (SSSR count). The largest absolute Gasteiger partial charge is 0 e. The molecule has 0 aromatic rings. The van der Waals surface area contributed by atoms with E-state index in [1.807, 2.05) is 6.42 Å². The Morgan fingerprint density at radius 2 is 1.68 bits per heavy atom. The summed E-state index contributed by atoms with van der Waals surface area (Å²) >= 11 is 0. The fourth-order valence-electron chi connectivity index (χ4n) is 1.45. The van der Waals surface area contributed by atoms with Crippen molar-refractivity contribution >= 4 is 16.8 Å². The Balaban J connectivity index is -0.000000206.